The Morgan fingerprint density at radius 2 is 1.84 bits per heavy atom. The highest BCUT2D eigenvalue weighted by Crippen LogP contribution is 2.33. The molecule has 0 fully saturated rings. The van der Waals surface area contributed by atoms with Crippen molar-refractivity contribution in [1.29, 1.82) is 0 Å². The lowest BCUT2D eigenvalue weighted by Crippen LogP contribution is -2.33. The van der Waals surface area contributed by atoms with Crippen LogP contribution in [0.25, 0.3) is 10.9 Å². The van der Waals surface area contributed by atoms with Crippen LogP contribution in [-0.2, 0) is 17.8 Å². The third-order valence-electron chi connectivity index (χ3n) is 4.83. The number of nitrogens with zero attached hydrogens (tertiary/aromatic N) is 1. The van der Waals surface area contributed by atoms with Gasteiger partial charge in [0.15, 0.2) is 11.6 Å². The second-order valence-electron chi connectivity index (χ2n) is 6.83. The maximum Gasteiger partial charge on any atom is 0.461 e. The first kappa shape index (κ1) is 22.4. The molecule has 0 atom stereocenters. The molecule has 0 aliphatic carbocycles. The summed E-state index contributed by atoms with van der Waals surface area (Å²) < 4.78 is 75.7. The molecular weight excluding hydrogens is 425 g/mol. The van der Waals surface area contributed by atoms with Gasteiger partial charge in [-0.25, -0.2) is 4.39 Å². The van der Waals surface area contributed by atoms with Gasteiger partial charge < -0.3 is 19.1 Å². The number of rotatable bonds is 8. The van der Waals surface area contributed by atoms with Crippen molar-refractivity contribution in [2.45, 2.75) is 32.4 Å². The number of aromatic nitrogens is 1. The number of methoxy groups -OCH3 is 1. The average molecular weight is 443 g/mol. The van der Waals surface area contributed by atoms with Crippen LogP contribution in [0.4, 0.5) is 22.0 Å². The van der Waals surface area contributed by atoms with E-state index in [1.807, 2.05) is 0 Å². The first-order valence-corrected chi connectivity index (χ1v) is 9.04. The van der Waals surface area contributed by atoms with Gasteiger partial charge in [-0.05, 0) is 36.2 Å². The molecule has 10 heteroatoms. The van der Waals surface area contributed by atoms with Crippen LogP contribution < -0.4 is 9.47 Å². The molecule has 0 aliphatic heterocycles. The van der Waals surface area contributed by atoms with Gasteiger partial charge in [0, 0.05) is 23.7 Å². The van der Waals surface area contributed by atoms with Crippen LogP contribution >= 0.6 is 0 Å². The van der Waals surface area contributed by atoms with Gasteiger partial charge in [0.1, 0.15) is 5.75 Å². The van der Waals surface area contributed by atoms with E-state index in [0.29, 0.717) is 27.7 Å². The summed E-state index contributed by atoms with van der Waals surface area (Å²) in [5, 5.41) is 9.76. The molecule has 166 valence electrons. The molecule has 0 amide bonds. The fraction of sp³-hybridized carbons (Fsp3) is 0.286. The van der Waals surface area contributed by atoms with E-state index in [9.17, 15) is 31.9 Å². The molecule has 1 aromatic heterocycles. The second kappa shape index (κ2) is 8.44. The Bertz CT molecular complexity index is 1110. The van der Waals surface area contributed by atoms with E-state index in [1.54, 1.807) is 11.5 Å². The van der Waals surface area contributed by atoms with Crippen molar-refractivity contribution >= 4 is 16.9 Å². The Kier molecular flexibility index (Phi) is 6.10. The van der Waals surface area contributed by atoms with E-state index in [-0.39, 0.29) is 18.7 Å². The molecule has 1 heterocycles. The fourth-order valence-corrected chi connectivity index (χ4v) is 3.33. The predicted octanol–water partition coefficient (Wildman–Crippen LogP) is 5.01. The van der Waals surface area contributed by atoms with Crippen LogP contribution in [0.2, 0.25) is 0 Å². The summed E-state index contributed by atoms with van der Waals surface area (Å²) in [6.45, 7) is 1.84. The highest BCUT2D eigenvalue weighted by Gasteiger charge is 2.43. The van der Waals surface area contributed by atoms with Gasteiger partial charge in [0.25, 0.3) is 0 Å². The molecule has 0 saturated heterocycles. The molecule has 1 N–H and O–H groups in total. The Balaban J connectivity index is 1.98. The lowest BCUT2D eigenvalue weighted by atomic mass is 10.1. The minimum Gasteiger partial charge on any atom is -0.494 e. The van der Waals surface area contributed by atoms with Crippen molar-refractivity contribution in [2.75, 3.05) is 7.11 Å². The minimum atomic E-state index is -4.61. The zero-order valence-corrected chi connectivity index (χ0v) is 16.5. The maximum absolute atomic E-state index is 14.3. The molecular formula is C21H18F5NO4. The van der Waals surface area contributed by atoms with Gasteiger partial charge in [-0.15, -0.1) is 0 Å². The quantitative estimate of drug-likeness (QED) is 0.498. The molecule has 0 aliphatic rings. The Labute approximate surface area is 173 Å². The van der Waals surface area contributed by atoms with E-state index in [1.165, 1.54) is 31.4 Å². The highest BCUT2D eigenvalue weighted by molar-refractivity contribution is 5.90. The summed E-state index contributed by atoms with van der Waals surface area (Å²) in [6.07, 6.45) is -8.88. The molecule has 0 spiro atoms. The summed E-state index contributed by atoms with van der Waals surface area (Å²) in [7, 11) is 1.30. The summed E-state index contributed by atoms with van der Waals surface area (Å²) in [5.41, 5.74) is 2.06. The number of hydrogen-bond donors (Lipinski definition) is 1. The van der Waals surface area contributed by atoms with E-state index in [4.69, 9.17) is 4.74 Å². The normalized spacial score (nSPS) is 11.9. The standard InChI is InChI=1S/C21H18F5NO4/c1-11-14(8-19(28)29)15-7-18(30-2)16(22)9-17(15)27(11)10-12-3-5-13(6-4-12)31-21(25,26)20(23)24/h3-7,9,20H,8,10H2,1-2H3,(H,28,29). The predicted molar refractivity (Wildman–Crippen MR) is 102 cm³/mol. The van der Waals surface area contributed by atoms with Crippen LogP contribution in [0.1, 0.15) is 16.8 Å². The van der Waals surface area contributed by atoms with Gasteiger partial charge in [0.05, 0.1) is 19.0 Å². The van der Waals surface area contributed by atoms with Crippen molar-refractivity contribution in [3.05, 3.63) is 59.0 Å². The highest BCUT2D eigenvalue weighted by atomic mass is 19.3. The zero-order valence-electron chi connectivity index (χ0n) is 16.5. The summed E-state index contributed by atoms with van der Waals surface area (Å²) in [4.78, 5) is 11.3. The Hall–Kier alpha value is -3.30. The number of alkyl halides is 4. The van der Waals surface area contributed by atoms with Gasteiger partial charge >= 0.3 is 18.5 Å². The van der Waals surface area contributed by atoms with Gasteiger partial charge in [-0.3, -0.25) is 4.79 Å². The largest absolute Gasteiger partial charge is 0.494 e. The monoisotopic (exact) mass is 443 g/mol. The van der Waals surface area contributed by atoms with Gasteiger partial charge in [-0.2, -0.15) is 17.6 Å². The van der Waals surface area contributed by atoms with Gasteiger partial charge in [0.2, 0.25) is 0 Å². The van der Waals surface area contributed by atoms with E-state index in [2.05, 4.69) is 4.74 Å². The molecule has 31 heavy (non-hydrogen) atoms. The van der Waals surface area contributed by atoms with E-state index in [0.717, 1.165) is 12.1 Å². The smallest absolute Gasteiger partial charge is 0.461 e. The van der Waals surface area contributed by atoms with Crippen LogP contribution in [0, 0.1) is 12.7 Å². The minimum absolute atomic E-state index is 0.0299. The number of carboxylic acids is 1. The number of benzene rings is 2. The lowest BCUT2D eigenvalue weighted by Gasteiger charge is -2.17. The van der Waals surface area contributed by atoms with E-state index < -0.39 is 30.1 Å². The first-order chi connectivity index (χ1) is 14.5. The summed E-state index contributed by atoms with van der Waals surface area (Å²) in [6, 6.07) is 7.70. The Morgan fingerprint density at radius 1 is 1.19 bits per heavy atom. The number of fused-ring (bicyclic) bond motifs is 1. The van der Waals surface area contributed by atoms with Crippen molar-refractivity contribution in [3.63, 3.8) is 0 Å². The van der Waals surface area contributed by atoms with Crippen molar-refractivity contribution in [3.8, 4) is 11.5 Å². The number of halogens is 5. The second-order valence-corrected chi connectivity index (χ2v) is 6.83. The average Bonchev–Trinajstić information content (AvgIpc) is 2.93. The third kappa shape index (κ3) is 4.57. The van der Waals surface area contributed by atoms with Gasteiger partial charge in [-0.1, -0.05) is 12.1 Å². The topological polar surface area (TPSA) is 60.7 Å². The number of carbonyl (C=O) groups is 1. The third-order valence-corrected chi connectivity index (χ3v) is 4.83. The maximum atomic E-state index is 14.3. The van der Waals surface area contributed by atoms with Crippen LogP contribution in [0.5, 0.6) is 11.5 Å². The van der Waals surface area contributed by atoms with Crippen molar-refractivity contribution in [2.24, 2.45) is 0 Å². The first-order valence-electron chi connectivity index (χ1n) is 9.04. The fourth-order valence-electron chi connectivity index (χ4n) is 3.33. The molecule has 0 unspecified atom stereocenters. The molecule has 3 rings (SSSR count). The summed E-state index contributed by atoms with van der Waals surface area (Å²) >= 11 is 0. The zero-order chi connectivity index (χ0) is 22.9. The van der Waals surface area contributed by atoms with Crippen molar-refractivity contribution < 1.29 is 41.3 Å². The van der Waals surface area contributed by atoms with Crippen LogP contribution in [0.15, 0.2) is 36.4 Å². The Morgan fingerprint density at radius 3 is 2.39 bits per heavy atom. The molecule has 2 aromatic carbocycles. The molecule has 3 aromatic rings. The number of aliphatic carboxylic acids is 1. The molecule has 5 nitrogen and oxygen atoms in total. The number of hydrogen-bond acceptors (Lipinski definition) is 3. The van der Waals surface area contributed by atoms with Crippen LogP contribution in [0.3, 0.4) is 0 Å². The SMILES string of the molecule is COc1cc2c(CC(=O)O)c(C)n(Cc3ccc(OC(F)(F)C(F)F)cc3)c2cc1F. The summed E-state index contributed by atoms with van der Waals surface area (Å²) in [5.74, 6) is -2.16. The molecule has 0 saturated carbocycles. The molecule has 0 bridgehead atoms. The van der Waals surface area contributed by atoms with Crippen molar-refractivity contribution in [1.82, 2.24) is 4.57 Å². The van der Waals surface area contributed by atoms with Crippen LogP contribution in [-0.4, -0.2) is 35.3 Å². The molecule has 0 radical (unpaired) electrons. The van der Waals surface area contributed by atoms with E-state index >= 15 is 0 Å². The number of ether oxygens (including phenoxy) is 2. The number of carboxylic acid groups (broad SMARTS) is 1. The lowest BCUT2D eigenvalue weighted by molar-refractivity contribution is -0.253.